The SMILES string of the molecule is CCNC(=NCc1cccc(Cl)c1)NCc1cccnc1N1CCOCC1. The molecule has 7 heteroatoms. The summed E-state index contributed by atoms with van der Waals surface area (Å²) in [5.74, 6) is 1.79. The quantitative estimate of drug-likeness (QED) is 0.589. The predicted molar refractivity (Wildman–Crippen MR) is 110 cm³/mol. The van der Waals surface area contributed by atoms with E-state index in [1.165, 1.54) is 0 Å². The van der Waals surface area contributed by atoms with E-state index in [2.05, 4.69) is 38.5 Å². The Labute approximate surface area is 165 Å². The standard InChI is InChI=1S/C20H26ClN5O/c1-2-22-20(24-14-16-5-3-7-18(21)13-16)25-15-17-6-4-8-23-19(17)26-9-11-27-12-10-26/h3-8,13H,2,9-12,14-15H2,1H3,(H2,22,24,25). The summed E-state index contributed by atoms with van der Waals surface area (Å²) in [4.78, 5) is 11.5. The van der Waals surface area contributed by atoms with E-state index < -0.39 is 0 Å². The summed E-state index contributed by atoms with van der Waals surface area (Å²) >= 11 is 6.05. The number of ether oxygens (including phenoxy) is 1. The number of morpholine rings is 1. The van der Waals surface area contributed by atoms with E-state index in [0.717, 1.165) is 60.8 Å². The molecule has 0 radical (unpaired) electrons. The number of hydrogen-bond acceptors (Lipinski definition) is 4. The van der Waals surface area contributed by atoms with E-state index in [1.54, 1.807) is 0 Å². The van der Waals surface area contributed by atoms with Gasteiger partial charge < -0.3 is 20.3 Å². The van der Waals surface area contributed by atoms with Crippen LogP contribution >= 0.6 is 11.6 Å². The highest BCUT2D eigenvalue weighted by Gasteiger charge is 2.15. The zero-order valence-electron chi connectivity index (χ0n) is 15.6. The second kappa shape index (κ2) is 10.1. The van der Waals surface area contributed by atoms with Gasteiger partial charge in [-0.05, 0) is 30.7 Å². The van der Waals surface area contributed by atoms with Crippen molar-refractivity contribution in [2.45, 2.75) is 20.0 Å². The van der Waals surface area contributed by atoms with E-state index in [1.807, 2.05) is 36.5 Å². The molecule has 1 aliphatic heterocycles. The van der Waals surface area contributed by atoms with Gasteiger partial charge in [0.15, 0.2) is 5.96 Å². The van der Waals surface area contributed by atoms with Crippen molar-refractivity contribution in [3.8, 4) is 0 Å². The van der Waals surface area contributed by atoms with Gasteiger partial charge in [0.2, 0.25) is 0 Å². The molecule has 0 atom stereocenters. The molecule has 3 rings (SSSR count). The zero-order chi connectivity index (χ0) is 18.9. The molecule has 0 bridgehead atoms. The van der Waals surface area contributed by atoms with Gasteiger partial charge in [-0.3, -0.25) is 0 Å². The Morgan fingerprint density at radius 2 is 2.07 bits per heavy atom. The molecule has 1 aliphatic rings. The lowest BCUT2D eigenvalue weighted by Crippen LogP contribution is -2.39. The molecular weight excluding hydrogens is 362 g/mol. The first kappa shape index (κ1) is 19.5. The Morgan fingerprint density at radius 3 is 2.85 bits per heavy atom. The monoisotopic (exact) mass is 387 g/mol. The maximum Gasteiger partial charge on any atom is 0.191 e. The van der Waals surface area contributed by atoms with Crippen molar-refractivity contribution < 1.29 is 4.74 Å². The van der Waals surface area contributed by atoms with Crippen molar-refractivity contribution in [2.75, 3.05) is 37.7 Å². The first-order valence-corrected chi connectivity index (χ1v) is 9.67. The van der Waals surface area contributed by atoms with Gasteiger partial charge >= 0.3 is 0 Å². The lowest BCUT2D eigenvalue weighted by molar-refractivity contribution is 0.122. The van der Waals surface area contributed by atoms with Crippen molar-refractivity contribution in [1.82, 2.24) is 15.6 Å². The fourth-order valence-corrected chi connectivity index (χ4v) is 3.17. The summed E-state index contributed by atoms with van der Waals surface area (Å²) in [6.45, 7) is 7.30. The number of nitrogens with zero attached hydrogens (tertiary/aromatic N) is 3. The Balaban J connectivity index is 1.66. The molecule has 1 fully saturated rings. The van der Waals surface area contributed by atoms with Crippen LogP contribution in [-0.4, -0.2) is 43.8 Å². The fraction of sp³-hybridized carbons (Fsp3) is 0.400. The van der Waals surface area contributed by atoms with Crippen LogP contribution in [0.3, 0.4) is 0 Å². The summed E-state index contributed by atoms with van der Waals surface area (Å²) < 4.78 is 5.45. The van der Waals surface area contributed by atoms with Crippen LogP contribution in [0.5, 0.6) is 0 Å². The van der Waals surface area contributed by atoms with E-state index in [4.69, 9.17) is 16.3 Å². The molecule has 0 unspecified atom stereocenters. The number of aromatic nitrogens is 1. The van der Waals surface area contributed by atoms with E-state index in [-0.39, 0.29) is 0 Å². The molecule has 0 spiro atoms. The Hall–Kier alpha value is -2.31. The highest BCUT2D eigenvalue weighted by molar-refractivity contribution is 6.30. The van der Waals surface area contributed by atoms with Crippen LogP contribution in [0, 0.1) is 0 Å². The van der Waals surface area contributed by atoms with Crippen LogP contribution < -0.4 is 15.5 Å². The molecule has 0 saturated carbocycles. The van der Waals surface area contributed by atoms with Gasteiger partial charge in [0.05, 0.1) is 19.8 Å². The van der Waals surface area contributed by atoms with Gasteiger partial charge in [0, 0.05) is 43.0 Å². The summed E-state index contributed by atoms with van der Waals surface area (Å²) in [6, 6.07) is 11.8. The number of pyridine rings is 1. The van der Waals surface area contributed by atoms with Crippen molar-refractivity contribution in [3.05, 3.63) is 58.7 Å². The van der Waals surface area contributed by atoms with Crippen molar-refractivity contribution >= 4 is 23.4 Å². The molecular formula is C20H26ClN5O. The molecule has 1 aromatic heterocycles. The summed E-state index contributed by atoms with van der Waals surface area (Å²) in [5.41, 5.74) is 2.22. The molecule has 2 N–H and O–H groups in total. The zero-order valence-corrected chi connectivity index (χ0v) is 16.4. The van der Waals surface area contributed by atoms with Crippen molar-refractivity contribution in [1.29, 1.82) is 0 Å². The number of aliphatic imine (C=N–C) groups is 1. The average molecular weight is 388 g/mol. The van der Waals surface area contributed by atoms with Gasteiger partial charge in [-0.15, -0.1) is 0 Å². The van der Waals surface area contributed by atoms with Crippen LogP contribution in [0.2, 0.25) is 5.02 Å². The third kappa shape index (κ3) is 5.84. The first-order chi connectivity index (χ1) is 13.3. The van der Waals surface area contributed by atoms with Crippen molar-refractivity contribution in [2.24, 2.45) is 4.99 Å². The number of benzene rings is 1. The van der Waals surface area contributed by atoms with Gasteiger partial charge in [-0.2, -0.15) is 0 Å². The third-order valence-electron chi connectivity index (χ3n) is 4.28. The minimum Gasteiger partial charge on any atom is -0.378 e. The fourth-order valence-electron chi connectivity index (χ4n) is 2.95. The second-order valence-electron chi connectivity index (χ2n) is 6.26. The summed E-state index contributed by atoms with van der Waals surface area (Å²) in [6.07, 6.45) is 1.84. The summed E-state index contributed by atoms with van der Waals surface area (Å²) in [5, 5.41) is 7.43. The normalized spacial score (nSPS) is 14.9. The number of anilines is 1. The smallest absolute Gasteiger partial charge is 0.191 e. The number of hydrogen-bond donors (Lipinski definition) is 2. The number of nitrogens with one attached hydrogen (secondary N) is 2. The van der Waals surface area contributed by atoms with E-state index in [0.29, 0.717) is 13.1 Å². The van der Waals surface area contributed by atoms with Gasteiger partial charge in [0.25, 0.3) is 0 Å². The highest BCUT2D eigenvalue weighted by Crippen LogP contribution is 2.18. The lowest BCUT2D eigenvalue weighted by atomic mass is 10.2. The van der Waals surface area contributed by atoms with Gasteiger partial charge in [0.1, 0.15) is 5.82 Å². The lowest BCUT2D eigenvalue weighted by Gasteiger charge is -2.29. The van der Waals surface area contributed by atoms with Crippen LogP contribution in [-0.2, 0) is 17.8 Å². The van der Waals surface area contributed by atoms with E-state index in [9.17, 15) is 0 Å². The molecule has 0 aliphatic carbocycles. The molecule has 2 heterocycles. The van der Waals surface area contributed by atoms with Crippen LogP contribution in [0.4, 0.5) is 5.82 Å². The largest absolute Gasteiger partial charge is 0.378 e. The minimum absolute atomic E-state index is 0.569. The Morgan fingerprint density at radius 1 is 1.22 bits per heavy atom. The summed E-state index contributed by atoms with van der Waals surface area (Å²) in [7, 11) is 0. The molecule has 6 nitrogen and oxygen atoms in total. The van der Waals surface area contributed by atoms with Crippen LogP contribution in [0.15, 0.2) is 47.6 Å². The number of guanidine groups is 1. The average Bonchev–Trinajstić information content (AvgIpc) is 2.71. The first-order valence-electron chi connectivity index (χ1n) is 9.29. The molecule has 1 saturated heterocycles. The topological polar surface area (TPSA) is 61.8 Å². The Bertz CT molecular complexity index is 762. The molecule has 1 aromatic carbocycles. The minimum atomic E-state index is 0.569. The maximum absolute atomic E-state index is 6.05. The van der Waals surface area contributed by atoms with E-state index >= 15 is 0 Å². The second-order valence-corrected chi connectivity index (χ2v) is 6.70. The maximum atomic E-state index is 6.05. The molecule has 144 valence electrons. The predicted octanol–water partition coefficient (Wildman–Crippen LogP) is 2.83. The third-order valence-corrected chi connectivity index (χ3v) is 4.51. The highest BCUT2D eigenvalue weighted by atomic mass is 35.5. The Kier molecular flexibility index (Phi) is 7.30. The number of halogens is 1. The van der Waals surface area contributed by atoms with Gasteiger partial charge in [-0.25, -0.2) is 9.98 Å². The van der Waals surface area contributed by atoms with Crippen LogP contribution in [0.25, 0.3) is 0 Å². The molecule has 2 aromatic rings. The van der Waals surface area contributed by atoms with Crippen LogP contribution in [0.1, 0.15) is 18.1 Å². The number of rotatable bonds is 6. The molecule has 0 amide bonds. The van der Waals surface area contributed by atoms with Gasteiger partial charge in [-0.1, -0.05) is 29.8 Å². The molecule has 27 heavy (non-hydrogen) atoms. The van der Waals surface area contributed by atoms with Crippen molar-refractivity contribution in [3.63, 3.8) is 0 Å².